The average Bonchev–Trinajstić information content (AvgIpc) is 2.85. The van der Waals surface area contributed by atoms with Crippen LogP contribution in [0.15, 0.2) is 25.0 Å². The van der Waals surface area contributed by atoms with Gasteiger partial charge in [-0.25, -0.2) is 15.0 Å². The number of hydrogen-bond donors (Lipinski definition) is 4. The molecule has 0 aromatic carbocycles. The molecule has 0 aliphatic heterocycles. The van der Waals surface area contributed by atoms with Crippen LogP contribution in [0.25, 0.3) is 11.2 Å². The van der Waals surface area contributed by atoms with Gasteiger partial charge in [0.15, 0.2) is 17.7 Å². The minimum absolute atomic E-state index is 0.203. The molecule has 2 unspecified atom stereocenters. The fourth-order valence-corrected chi connectivity index (χ4v) is 1.84. The van der Waals surface area contributed by atoms with Gasteiger partial charge >= 0.3 is 0 Å². The van der Waals surface area contributed by atoms with Gasteiger partial charge in [0.25, 0.3) is 0 Å². The van der Waals surface area contributed by atoms with Crippen LogP contribution in [-0.2, 0) is 4.74 Å². The van der Waals surface area contributed by atoms with Gasteiger partial charge in [0.1, 0.15) is 24.1 Å². The molecule has 0 bridgehead atoms. The SMILES string of the molecule is CO[C@H](C(O)C(O)/C=C/O)n1cnc2c(N)ncnc21. The van der Waals surface area contributed by atoms with E-state index in [-0.39, 0.29) is 5.82 Å². The lowest BCUT2D eigenvalue weighted by Crippen LogP contribution is -2.35. The summed E-state index contributed by atoms with van der Waals surface area (Å²) in [6.45, 7) is 0. The minimum Gasteiger partial charge on any atom is -0.516 e. The van der Waals surface area contributed by atoms with Crippen molar-refractivity contribution in [2.24, 2.45) is 0 Å². The average molecular weight is 281 g/mol. The molecule has 3 atom stereocenters. The van der Waals surface area contributed by atoms with Crippen LogP contribution in [-0.4, -0.2) is 54.2 Å². The summed E-state index contributed by atoms with van der Waals surface area (Å²) in [5, 5.41) is 28.4. The van der Waals surface area contributed by atoms with Crippen LogP contribution in [0.1, 0.15) is 6.23 Å². The number of methoxy groups -OCH3 is 1. The van der Waals surface area contributed by atoms with Crippen molar-refractivity contribution in [1.82, 2.24) is 19.5 Å². The Kier molecular flexibility index (Phi) is 4.13. The molecule has 9 heteroatoms. The molecule has 9 nitrogen and oxygen atoms in total. The van der Waals surface area contributed by atoms with Crippen LogP contribution >= 0.6 is 0 Å². The van der Waals surface area contributed by atoms with E-state index in [1.807, 2.05) is 0 Å². The molecule has 2 aromatic rings. The molecule has 0 fully saturated rings. The highest BCUT2D eigenvalue weighted by molar-refractivity contribution is 5.81. The summed E-state index contributed by atoms with van der Waals surface area (Å²) >= 11 is 0. The van der Waals surface area contributed by atoms with E-state index in [9.17, 15) is 10.2 Å². The Morgan fingerprint density at radius 2 is 2.10 bits per heavy atom. The molecule has 2 rings (SSSR count). The third-order valence-electron chi connectivity index (χ3n) is 2.83. The highest BCUT2D eigenvalue weighted by Crippen LogP contribution is 2.23. The van der Waals surface area contributed by atoms with E-state index in [0.717, 1.165) is 6.08 Å². The lowest BCUT2D eigenvalue weighted by Gasteiger charge is -2.25. The quantitative estimate of drug-likeness (QED) is 0.530. The van der Waals surface area contributed by atoms with Crippen molar-refractivity contribution in [3.63, 3.8) is 0 Å². The third kappa shape index (κ3) is 2.41. The Bertz CT molecular complexity index is 614. The molecule has 108 valence electrons. The van der Waals surface area contributed by atoms with E-state index < -0.39 is 18.4 Å². The van der Waals surface area contributed by atoms with Crippen molar-refractivity contribution in [2.75, 3.05) is 12.8 Å². The van der Waals surface area contributed by atoms with Gasteiger partial charge in [-0.15, -0.1) is 0 Å². The molecule has 0 saturated heterocycles. The first-order valence-electron chi connectivity index (χ1n) is 5.73. The molecule has 20 heavy (non-hydrogen) atoms. The summed E-state index contributed by atoms with van der Waals surface area (Å²) in [7, 11) is 1.36. The second kappa shape index (κ2) is 5.82. The van der Waals surface area contributed by atoms with E-state index in [1.54, 1.807) is 0 Å². The zero-order chi connectivity index (χ0) is 14.7. The van der Waals surface area contributed by atoms with Gasteiger partial charge in [-0.05, 0) is 6.08 Å². The largest absolute Gasteiger partial charge is 0.516 e. The number of aromatic nitrogens is 4. The molecule has 0 saturated carbocycles. The van der Waals surface area contributed by atoms with E-state index in [4.69, 9.17) is 15.6 Å². The summed E-state index contributed by atoms with van der Waals surface area (Å²) in [5.74, 6) is 0.203. The van der Waals surface area contributed by atoms with Gasteiger partial charge < -0.3 is 25.8 Å². The fourth-order valence-electron chi connectivity index (χ4n) is 1.84. The molecule has 0 aliphatic rings. The molecule has 0 radical (unpaired) electrons. The van der Waals surface area contributed by atoms with Crippen LogP contribution < -0.4 is 5.73 Å². The molecule has 0 amide bonds. The Balaban J connectivity index is 2.42. The van der Waals surface area contributed by atoms with E-state index in [1.165, 1.54) is 24.3 Å². The summed E-state index contributed by atoms with van der Waals surface area (Å²) < 4.78 is 6.59. The van der Waals surface area contributed by atoms with Crippen molar-refractivity contribution in [2.45, 2.75) is 18.4 Å². The van der Waals surface area contributed by atoms with Gasteiger partial charge in [-0.3, -0.25) is 4.57 Å². The normalized spacial score (nSPS) is 16.6. The van der Waals surface area contributed by atoms with Gasteiger partial charge in [-0.1, -0.05) is 0 Å². The predicted molar refractivity (Wildman–Crippen MR) is 69.6 cm³/mol. The highest BCUT2D eigenvalue weighted by Gasteiger charge is 2.28. The number of ether oxygens (including phenoxy) is 1. The summed E-state index contributed by atoms with van der Waals surface area (Å²) in [4.78, 5) is 11.9. The Morgan fingerprint density at radius 3 is 2.75 bits per heavy atom. The summed E-state index contributed by atoms with van der Waals surface area (Å²) in [5.41, 5.74) is 6.40. The number of nitrogen functional groups attached to an aromatic ring is 1. The van der Waals surface area contributed by atoms with Gasteiger partial charge in [-0.2, -0.15) is 0 Å². The Morgan fingerprint density at radius 1 is 1.35 bits per heavy atom. The minimum atomic E-state index is -1.34. The zero-order valence-electron chi connectivity index (χ0n) is 10.7. The third-order valence-corrected chi connectivity index (χ3v) is 2.83. The van der Waals surface area contributed by atoms with Crippen LogP contribution in [0, 0.1) is 0 Å². The smallest absolute Gasteiger partial charge is 0.167 e. The van der Waals surface area contributed by atoms with Crippen LogP contribution in [0.4, 0.5) is 5.82 Å². The maximum Gasteiger partial charge on any atom is 0.167 e. The van der Waals surface area contributed by atoms with E-state index in [0.29, 0.717) is 17.4 Å². The molecule has 2 aromatic heterocycles. The maximum absolute atomic E-state index is 10.0. The van der Waals surface area contributed by atoms with E-state index in [2.05, 4.69) is 15.0 Å². The molecular weight excluding hydrogens is 266 g/mol. The van der Waals surface area contributed by atoms with Gasteiger partial charge in [0.05, 0.1) is 12.6 Å². The first kappa shape index (κ1) is 14.2. The van der Waals surface area contributed by atoms with Gasteiger partial charge in [0.2, 0.25) is 0 Å². The Hall–Kier alpha value is -2.23. The first-order valence-corrected chi connectivity index (χ1v) is 5.73. The monoisotopic (exact) mass is 281 g/mol. The van der Waals surface area contributed by atoms with Crippen LogP contribution in [0.5, 0.6) is 0 Å². The number of fused-ring (bicyclic) bond motifs is 1. The highest BCUT2D eigenvalue weighted by atomic mass is 16.5. The number of aliphatic hydroxyl groups is 3. The lowest BCUT2D eigenvalue weighted by atomic mass is 10.1. The number of aliphatic hydroxyl groups excluding tert-OH is 3. The second-order valence-corrected chi connectivity index (χ2v) is 4.03. The topological polar surface area (TPSA) is 140 Å². The molecule has 0 aliphatic carbocycles. The van der Waals surface area contributed by atoms with Crippen molar-refractivity contribution in [3.8, 4) is 0 Å². The number of hydrogen-bond acceptors (Lipinski definition) is 8. The Labute approximate surface area is 114 Å². The fraction of sp³-hybridized carbons (Fsp3) is 0.364. The maximum atomic E-state index is 10.0. The molecular formula is C11H15N5O4. The molecule has 5 N–H and O–H groups in total. The number of nitrogens with two attached hydrogens (primary N) is 1. The van der Waals surface area contributed by atoms with Crippen molar-refractivity contribution in [3.05, 3.63) is 25.0 Å². The number of nitrogens with zero attached hydrogens (tertiary/aromatic N) is 4. The number of imidazole rings is 1. The molecule has 2 heterocycles. The summed E-state index contributed by atoms with van der Waals surface area (Å²) in [6.07, 6.45) is 0.701. The second-order valence-electron chi connectivity index (χ2n) is 4.03. The van der Waals surface area contributed by atoms with Crippen molar-refractivity contribution in [1.29, 1.82) is 0 Å². The van der Waals surface area contributed by atoms with Crippen LogP contribution in [0.2, 0.25) is 0 Å². The van der Waals surface area contributed by atoms with Crippen molar-refractivity contribution < 1.29 is 20.1 Å². The predicted octanol–water partition coefficient (Wildman–Crippen LogP) is -0.653. The van der Waals surface area contributed by atoms with Crippen LogP contribution in [0.3, 0.4) is 0 Å². The zero-order valence-corrected chi connectivity index (χ0v) is 10.7. The number of rotatable bonds is 5. The number of anilines is 1. The van der Waals surface area contributed by atoms with Crippen molar-refractivity contribution >= 4 is 17.0 Å². The molecule has 0 spiro atoms. The lowest BCUT2D eigenvalue weighted by molar-refractivity contribution is -0.0952. The first-order chi connectivity index (χ1) is 9.60. The standard InChI is InChI=1S/C11H15N5O4/c1-20-11(8(19)6(18)2-3-17)16-5-15-7-9(12)13-4-14-10(7)16/h2-6,8,11,17-19H,1H3,(H2,12,13,14)/b3-2+/t6?,8?,11-/m1/s1. The summed E-state index contributed by atoms with van der Waals surface area (Å²) in [6, 6.07) is 0. The van der Waals surface area contributed by atoms with E-state index >= 15 is 0 Å². The van der Waals surface area contributed by atoms with Gasteiger partial charge in [0, 0.05) is 7.11 Å².